The van der Waals surface area contributed by atoms with Gasteiger partial charge in [0, 0.05) is 18.3 Å². The van der Waals surface area contributed by atoms with Crippen LogP contribution in [0, 0.1) is 6.92 Å². The Morgan fingerprint density at radius 1 is 1.37 bits per heavy atom. The van der Waals surface area contributed by atoms with Crippen LogP contribution in [0.5, 0.6) is 5.75 Å². The first-order valence-electron chi connectivity index (χ1n) is 7.39. The molecule has 1 aliphatic rings. The third-order valence-electron chi connectivity index (χ3n) is 3.52. The first-order chi connectivity index (χ1) is 9.15. The summed E-state index contributed by atoms with van der Waals surface area (Å²) in [4.78, 5) is 0. The maximum absolute atomic E-state index is 5.70. The van der Waals surface area contributed by atoms with Crippen molar-refractivity contribution in [1.82, 2.24) is 5.32 Å². The van der Waals surface area contributed by atoms with Crippen molar-refractivity contribution in [2.24, 2.45) is 0 Å². The van der Waals surface area contributed by atoms with Crippen LogP contribution in [0.2, 0.25) is 0 Å². The molecule has 0 bridgehead atoms. The molecule has 0 amide bonds. The van der Waals surface area contributed by atoms with Crippen molar-refractivity contribution in [1.29, 1.82) is 0 Å². The van der Waals surface area contributed by atoms with Crippen molar-refractivity contribution in [3.8, 4) is 5.75 Å². The Kier molecular flexibility index (Phi) is 5.08. The van der Waals surface area contributed by atoms with E-state index in [2.05, 4.69) is 43.5 Å². The summed E-state index contributed by atoms with van der Waals surface area (Å²) >= 11 is 0. The van der Waals surface area contributed by atoms with E-state index in [4.69, 9.17) is 4.74 Å². The summed E-state index contributed by atoms with van der Waals surface area (Å²) in [6, 6.07) is 6.88. The number of benzene rings is 1. The van der Waals surface area contributed by atoms with Gasteiger partial charge in [-0.1, -0.05) is 6.42 Å². The second kappa shape index (κ2) is 6.80. The van der Waals surface area contributed by atoms with Gasteiger partial charge in [0.25, 0.3) is 0 Å². The average molecular weight is 262 g/mol. The third-order valence-corrected chi connectivity index (χ3v) is 3.52. The number of hydrogen-bond acceptors (Lipinski definition) is 3. The van der Waals surface area contributed by atoms with Crippen LogP contribution in [0.4, 0.5) is 5.69 Å². The molecule has 0 radical (unpaired) electrons. The molecule has 1 heterocycles. The minimum atomic E-state index is 0.227. The van der Waals surface area contributed by atoms with Crippen molar-refractivity contribution >= 4 is 5.69 Å². The predicted molar refractivity (Wildman–Crippen MR) is 81.1 cm³/mol. The van der Waals surface area contributed by atoms with Crippen LogP contribution in [-0.4, -0.2) is 25.2 Å². The topological polar surface area (TPSA) is 33.3 Å². The van der Waals surface area contributed by atoms with Gasteiger partial charge >= 0.3 is 0 Å². The highest BCUT2D eigenvalue weighted by molar-refractivity contribution is 5.53. The van der Waals surface area contributed by atoms with Crippen LogP contribution >= 0.6 is 0 Å². The highest BCUT2D eigenvalue weighted by Crippen LogP contribution is 2.22. The van der Waals surface area contributed by atoms with Crippen LogP contribution < -0.4 is 15.4 Å². The molecule has 1 aromatic rings. The number of hydrogen-bond donors (Lipinski definition) is 2. The third kappa shape index (κ3) is 4.43. The molecule has 1 fully saturated rings. The quantitative estimate of drug-likeness (QED) is 0.854. The Morgan fingerprint density at radius 3 is 2.84 bits per heavy atom. The van der Waals surface area contributed by atoms with Gasteiger partial charge in [0.15, 0.2) is 0 Å². The Balaban J connectivity index is 1.89. The SMILES string of the molecule is Cc1cc(OC(C)C)ccc1NCC1CCCCN1. The lowest BCUT2D eigenvalue weighted by molar-refractivity contribution is 0.242. The number of rotatable bonds is 5. The van der Waals surface area contributed by atoms with E-state index >= 15 is 0 Å². The van der Waals surface area contributed by atoms with Crippen molar-refractivity contribution in [3.05, 3.63) is 23.8 Å². The fraction of sp³-hybridized carbons (Fsp3) is 0.625. The van der Waals surface area contributed by atoms with Gasteiger partial charge in [0.05, 0.1) is 6.10 Å². The molecule has 3 heteroatoms. The highest BCUT2D eigenvalue weighted by atomic mass is 16.5. The monoisotopic (exact) mass is 262 g/mol. The van der Waals surface area contributed by atoms with E-state index in [1.54, 1.807) is 0 Å². The van der Waals surface area contributed by atoms with E-state index in [1.807, 2.05) is 6.07 Å². The second-order valence-electron chi connectivity index (χ2n) is 5.67. The standard InChI is InChI=1S/C16H26N2O/c1-12(2)19-15-7-8-16(13(3)10-15)18-11-14-6-4-5-9-17-14/h7-8,10,12,14,17-18H,4-6,9,11H2,1-3H3. The molecule has 19 heavy (non-hydrogen) atoms. The van der Waals surface area contributed by atoms with Gasteiger partial charge < -0.3 is 15.4 Å². The maximum atomic E-state index is 5.70. The molecule has 106 valence electrons. The van der Waals surface area contributed by atoms with E-state index in [-0.39, 0.29) is 6.10 Å². The zero-order valence-electron chi connectivity index (χ0n) is 12.3. The Hall–Kier alpha value is -1.22. The summed E-state index contributed by atoms with van der Waals surface area (Å²) in [6.45, 7) is 8.40. The summed E-state index contributed by atoms with van der Waals surface area (Å²) < 4.78 is 5.70. The maximum Gasteiger partial charge on any atom is 0.120 e. The molecule has 1 aromatic carbocycles. The molecule has 2 rings (SSSR count). The fourth-order valence-corrected chi connectivity index (χ4v) is 2.51. The molecular weight excluding hydrogens is 236 g/mol. The van der Waals surface area contributed by atoms with Crippen molar-refractivity contribution in [3.63, 3.8) is 0 Å². The molecule has 1 unspecified atom stereocenters. The first kappa shape index (κ1) is 14.2. The number of nitrogens with one attached hydrogen (secondary N) is 2. The van der Waals surface area contributed by atoms with E-state index in [0.29, 0.717) is 6.04 Å². The summed E-state index contributed by atoms with van der Waals surface area (Å²) in [5.41, 5.74) is 2.46. The summed E-state index contributed by atoms with van der Waals surface area (Å²) in [5, 5.41) is 7.10. The van der Waals surface area contributed by atoms with Crippen LogP contribution in [-0.2, 0) is 0 Å². The predicted octanol–water partition coefficient (Wildman–Crippen LogP) is 3.34. The molecule has 1 aliphatic heterocycles. The summed E-state index contributed by atoms with van der Waals surface area (Å²) in [7, 11) is 0. The minimum Gasteiger partial charge on any atom is -0.491 e. The van der Waals surface area contributed by atoms with Crippen LogP contribution in [0.15, 0.2) is 18.2 Å². The highest BCUT2D eigenvalue weighted by Gasteiger charge is 2.12. The molecule has 0 aromatic heterocycles. The zero-order valence-corrected chi connectivity index (χ0v) is 12.3. The van der Waals surface area contributed by atoms with Gasteiger partial charge in [0.2, 0.25) is 0 Å². The summed E-state index contributed by atoms with van der Waals surface area (Å²) in [6.07, 6.45) is 4.17. The lowest BCUT2D eigenvalue weighted by atomic mass is 10.0. The normalized spacial score (nSPS) is 19.5. The smallest absolute Gasteiger partial charge is 0.120 e. The Labute approximate surface area is 116 Å². The molecule has 0 spiro atoms. The number of ether oxygens (including phenoxy) is 1. The largest absolute Gasteiger partial charge is 0.491 e. The van der Waals surface area contributed by atoms with Crippen molar-refractivity contribution in [2.45, 2.75) is 52.2 Å². The second-order valence-corrected chi connectivity index (χ2v) is 5.67. The van der Waals surface area contributed by atoms with E-state index in [9.17, 15) is 0 Å². The molecule has 0 aliphatic carbocycles. The van der Waals surface area contributed by atoms with Crippen LogP contribution in [0.25, 0.3) is 0 Å². The first-order valence-corrected chi connectivity index (χ1v) is 7.39. The van der Waals surface area contributed by atoms with Gasteiger partial charge in [-0.15, -0.1) is 0 Å². The summed E-state index contributed by atoms with van der Waals surface area (Å²) in [5.74, 6) is 0.953. The van der Waals surface area contributed by atoms with Crippen molar-refractivity contribution in [2.75, 3.05) is 18.4 Å². The van der Waals surface area contributed by atoms with Gasteiger partial charge in [-0.2, -0.15) is 0 Å². The Morgan fingerprint density at radius 2 is 2.21 bits per heavy atom. The lowest BCUT2D eigenvalue weighted by Gasteiger charge is -2.24. The molecule has 1 saturated heterocycles. The molecule has 2 N–H and O–H groups in total. The average Bonchev–Trinajstić information content (AvgIpc) is 2.38. The lowest BCUT2D eigenvalue weighted by Crippen LogP contribution is -2.39. The fourth-order valence-electron chi connectivity index (χ4n) is 2.51. The van der Waals surface area contributed by atoms with Gasteiger partial charge in [0.1, 0.15) is 5.75 Å². The zero-order chi connectivity index (χ0) is 13.7. The van der Waals surface area contributed by atoms with Crippen LogP contribution in [0.1, 0.15) is 38.7 Å². The number of aryl methyl sites for hydroxylation is 1. The van der Waals surface area contributed by atoms with Crippen molar-refractivity contribution < 1.29 is 4.74 Å². The number of anilines is 1. The van der Waals surface area contributed by atoms with Gasteiger partial charge in [-0.3, -0.25) is 0 Å². The van der Waals surface area contributed by atoms with Gasteiger partial charge in [-0.25, -0.2) is 0 Å². The Bertz CT molecular complexity index is 398. The molecular formula is C16H26N2O. The minimum absolute atomic E-state index is 0.227. The number of piperidine rings is 1. The van der Waals surface area contributed by atoms with E-state index < -0.39 is 0 Å². The molecule has 1 atom stereocenters. The molecule has 0 saturated carbocycles. The van der Waals surface area contributed by atoms with Crippen LogP contribution in [0.3, 0.4) is 0 Å². The molecule has 3 nitrogen and oxygen atoms in total. The van der Waals surface area contributed by atoms with Gasteiger partial charge in [-0.05, 0) is 63.9 Å². The van der Waals surface area contributed by atoms with E-state index in [1.165, 1.54) is 30.5 Å². The van der Waals surface area contributed by atoms with E-state index in [0.717, 1.165) is 18.8 Å².